The molecule has 8 heteroatoms. The second kappa shape index (κ2) is 8.62. The van der Waals surface area contributed by atoms with E-state index in [0.717, 1.165) is 38.5 Å². The smallest absolute Gasteiger partial charge is 0.348 e. The van der Waals surface area contributed by atoms with Gasteiger partial charge in [-0.15, -0.1) is 0 Å². The van der Waals surface area contributed by atoms with Crippen LogP contribution in [0.4, 0.5) is 13.2 Å². The number of alkyl halides is 3. The summed E-state index contributed by atoms with van der Waals surface area (Å²) >= 11 is 1.73. The maximum absolute atomic E-state index is 13.3. The maximum Gasteiger partial charge on any atom is 0.471 e. The van der Waals surface area contributed by atoms with Gasteiger partial charge in [0.2, 0.25) is 0 Å². The van der Waals surface area contributed by atoms with Crippen molar-refractivity contribution in [1.29, 1.82) is 0 Å². The first kappa shape index (κ1) is 24.1. The van der Waals surface area contributed by atoms with E-state index in [1.807, 2.05) is 5.32 Å². The van der Waals surface area contributed by atoms with E-state index in [1.165, 1.54) is 0 Å². The Balaban J connectivity index is 1.32. The molecule has 4 aliphatic rings. The van der Waals surface area contributed by atoms with Crippen LogP contribution in [-0.4, -0.2) is 41.2 Å². The molecule has 1 N–H and O–H groups in total. The summed E-state index contributed by atoms with van der Waals surface area (Å²) in [6, 6.07) is 0. The minimum atomic E-state index is -4.83. The lowest BCUT2D eigenvalue weighted by atomic mass is 9.45. The first-order valence-electron chi connectivity index (χ1n) is 12.0. The van der Waals surface area contributed by atoms with Crippen molar-refractivity contribution in [2.24, 2.45) is 34.5 Å². The van der Waals surface area contributed by atoms with Crippen molar-refractivity contribution in [3.05, 3.63) is 0 Å². The fourth-order valence-corrected chi connectivity index (χ4v) is 8.81. The molecule has 0 aromatic heterocycles. The van der Waals surface area contributed by atoms with Gasteiger partial charge in [0.15, 0.2) is 0 Å². The van der Waals surface area contributed by atoms with Gasteiger partial charge in [-0.3, -0.25) is 14.4 Å². The molecule has 32 heavy (non-hydrogen) atoms. The Bertz CT molecular complexity index is 787. The second-order valence-corrected chi connectivity index (χ2v) is 12.3. The molecular formula is C24H34F3NO3S. The minimum absolute atomic E-state index is 0.00467. The van der Waals surface area contributed by atoms with Crippen molar-refractivity contribution in [2.45, 2.75) is 83.1 Å². The van der Waals surface area contributed by atoms with Crippen LogP contribution >= 0.6 is 11.8 Å². The summed E-state index contributed by atoms with van der Waals surface area (Å²) in [4.78, 5) is 36.7. The average Bonchev–Trinajstić information content (AvgIpc) is 3.02. The van der Waals surface area contributed by atoms with E-state index in [1.54, 1.807) is 11.8 Å². The average molecular weight is 474 g/mol. The number of Topliss-reactive ketones (excluding diaryl/α,β-unsaturated/α-hetero) is 2. The number of halogens is 3. The number of carbonyl (C=O) groups is 3. The van der Waals surface area contributed by atoms with Crippen LogP contribution in [0.3, 0.4) is 0 Å². The van der Waals surface area contributed by atoms with E-state index >= 15 is 0 Å². The Labute approximate surface area is 192 Å². The highest BCUT2D eigenvalue weighted by Gasteiger charge is 2.62. The monoisotopic (exact) mass is 473 g/mol. The van der Waals surface area contributed by atoms with Gasteiger partial charge in [-0.25, -0.2) is 0 Å². The van der Waals surface area contributed by atoms with Crippen LogP contribution in [0.5, 0.6) is 0 Å². The molecule has 0 aromatic carbocycles. The third kappa shape index (κ3) is 4.14. The molecule has 0 aromatic rings. The van der Waals surface area contributed by atoms with Gasteiger partial charge >= 0.3 is 12.1 Å². The molecule has 1 amide bonds. The molecule has 0 bridgehead atoms. The van der Waals surface area contributed by atoms with E-state index in [0.29, 0.717) is 59.6 Å². The zero-order valence-electron chi connectivity index (χ0n) is 18.9. The standard InChI is InChI=1S/C24H34F3NO3S/c1-22-8-6-14(32-11-3-10-28-21(31)24(25,26)27)12-18(22)19(29)13-15-16-4-5-20(30)23(16,2)9-7-17(15)22/h14-18H,3-13H2,1-2H3,(H,28,31)/t14?,15-,16-,17-,18+,22+,23-/m0/s1. The quantitative estimate of drug-likeness (QED) is 0.574. The van der Waals surface area contributed by atoms with Gasteiger partial charge in [0, 0.05) is 36.0 Å². The molecule has 0 radical (unpaired) electrons. The van der Waals surface area contributed by atoms with Gasteiger partial charge in [0.1, 0.15) is 11.6 Å². The summed E-state index contributed by atoms with van der Waals surface area (Å²) in [7, 11) is 0. The number of hydrogen-bond acceptors (Lipinski definition) is 4. The van der Waals surface area contributed by atoms with E-state index < -0.39 is 12.1 Å². The molecule has 0 saturated heterocycles. The van der Waals surface area contributed by atoms with E-state index in [9.17, 15) is 27.6 Å². The van der Waals surface area contributed by atoms with Crippen LogP contribution in [0.2, 0.25) is 0 Å². The number of amides is 1. The lowest BCUT2D eigenvalue weighted by Gasteiger charge is -2.59. The number of ketones is 2. The van der Waals surface area contributed by atoms with Gasteiger partial charge < -0.3 is 5.32 Å². The van der Waals surface area contributed by atoms with Crippen LogP contribution in [0.25, 0.3) is 0 Å². The molecule has 0 spiro atoms. The SMILES string of the molecule is C[C@]12CCC(SCCCNC(=O)C(F)(F)F)C[C@@H]1C(=O)C[C@@H]1[C@@H]2CC[C@]2(C)C(=O)CC[C@@H]12. The molecule has 4 saturated carbocycles. The number of carbonyl (C=O) groups excluding carboxylic acids is 3. The Kier molecular flexibility index (Phi) is 6.49. The third-order valence-electron chi connectivity index (χ3n) is 9.34. The predicted molar refractivity (Wildman–Crippen MR) is 117 cm³/mol. The maximum atomic E-state index is 13.3. The topological polar surface area (TPSA) is 63.2 Å². The molecule has 4 fully saturated rings. The van der Waals surface area contributed by atoms with Crippen molar-refractivity contribution in [3.63, 3.8) is 0 Å². The highest BCUT2D eigenvalue weighted by Crippen LogP contribution is 2.65. The van der Waals surface area contributed by atoms with Crippen molar-refractivity contribution in [3.8, 4) is 0 Å². The van der Waals surface area contributed by atoms with Crippen molar-refractivity contribution < 1.29 is 27.6 Å². The molecule has 0 aliphatic heterocycles. The second-order valence-electron chi connectivity index (χ2n) is 10.9. The van der Waals surface area contributed by atoms with Gasteiger partial charge in [0.25, 0.3) is 0 Å². The van der Waals surface area contributed by atoms with Gasteiger partial charge in [0.05, 0.1) is 0 Å². The fourth-order valence-electron chi connectivity index (χ4n) is 7.55. The Morgan fingerprint density at radius 1 is 1.12 bits per heavy atom. The number of hydrogen-bond donors (Lipinski definition) is 1. The normalized spacial score (nSPS) is 41.6. The summed E-state index contributed by atoms with van der Waals surface area (Å²) < 4.78 is 36.7. The Morgan fingerprint density at radius 3 is 2.59 bits per heavy atom. The summed E-state index contributed by atoms with van der Waals surface area (Å²) in [5.74, 6) is 0.816. The first-order chi connectivity index (χ1) is 15.0. The van der Waals surface area contributed by atoms with E-state index in [-0.39, 0.29) is 23.3 Å². The van der Waals surface area contributed by atoms with Crippen LogP contribution in [0, 0.1) is 34.5 Å². The first-order valence-corrected chi connectivity index (χ1v) is 13.0. The van der Waals surface area contributed by atoms with Gasteiger partial charge in [-0.05, 0) is 73.9 Å². The van der Waals surface area contributed by atoms with Crippen LogP contribution < -0.4 is 5.32 Å². The van der Waals surface area contributed by atoms with Crippen LogP contribution in [0.15, 0.2) is 0 Å². The van der Waals surface area contributed by atoms with Gasteiger partial charge in [-0.2, -0.15) is 24.9 Å². The summed E-state index contributed by atoms with van der Waals surface area (Å²) in [6.07, 6.45) is 2.73. The zero-order valence-corrected chi connectivity index (χ0v) is 19.7. The van der Waals surface area contributed by atoms with E-state index in [2.05, 4.69) is 13.8 Å². The predicted octanol–water partition coefficient (Wildman–Crippen LogP) is 4.95. The minimum Gasteiger partial charge on any atom is -0.348 e. The lowest BCUT2D eigenvalue weighted by Crippen LogP contribution is -2.56. The Morgan fingerprint density at radius 2 is 1.88 bits per heavy atom. The molecule has 4 rings (SSSR count). The van der Waals surface area contributed by atoms with Gasteiger partial charge in [-0.1, -0.05) is 13.8 Å². The number of fused-ring (bicyclic) bond motifs is 5. The molecule has 0 heterocycles. The highest BCUT2D eigenvalue weighted by atomic mass is 32.2. The highest BCUT2D eigenvalue weighted by molar-refractivity contribution is 7.99. The molecule has 7 atom stereocenters. The molecule has 4 nitrogen and oxygen atoms in total. The molecule has 180 valence electrons. The van der Waals surface area contributed by atoms with E-state index in [4.69, 9.17) is 0 Å². The molecule has 4 aliphatic carbocycles. The van der Waals surface area contributed by atoms with Crippen molar-refractivity contribution >= 4 is 29.2 Å². The summed E-state index contributed by atoms with van der Waals surface area (Å²) in [5, 5.41) is 2.26. The number of nitrogens with one attached hydrogen (secondary N) is 1. The van der Waals surface area contributed by atoms with Crippen LogP contribution in [0.1, 0.15) is 71.6 Å². The zero-order chi connectivity index (χ0) is 23.3. The third-order valence-corrected chi connectivity index (χ3v) is 10.8. The largest absolute Gasteiger partial charge is 0.471 e. The molecule has 1 unspecified atom stereocenters. The number of thioether (sulfide) groups is 1. The Hall–Kier alpha value is -1.05. The lowest BCUT2D eigenvalue weighted by molar-refractivity contribution is -0.173. The van der Waals surface area contributed by atoms with Crippen molar-refractivity contribution in [2.75, 3.05) is 12.3 Å². The van der Waals surface area contributed by atoms with Crippen molar-refractivity contribution in [1.82, 2.24) is 5.32 Å². The summed E-state index contributed by atoms with van der Waals surface area (Å²) in [5.41, 5.74) is -0.218. The molecular weight excluding hydrogens is 439 g/mol. The number of rotatable bonds is 5. The fraction of sp³-hybridized carbons (Fsp3) is 0.875. The van der Waals surface area contributed by atoms with Crippen LogP contribution in [-0.2, 0) is 14.4 Å². The summed E-state index contributed by atoms with van der Waals surface area (Å²) in [6.45, 7) is 4.45.